The zero-order chi connectivity index (χ0) is 18.4. The van der Waals surface area contributed by atoms with Crippen LogP contribution in [0, 0.1) is 0 Å². The lowest BCUT2D eigenvalue weighted by Crippen LogP contribution is -2.38. The number of nitrogens with zero attached hydrogens (tertiary/aromatic N) is 3. The van der Waals surface area contributed by atoms with Gasteiger partial charge in [0.25, 0.3) is 0 Å². The summed E-state index contributed by atoms with van der Waals surface area (Å²) in [7, 11) is 0. The van der Waals surface area contributed by atoms with Crippen LogP contribution in [0.2, 0.25) is 0 Å². The highest BCUT2D eigenvalue weighted by atomic mass is 32.2. The van der Waals surface area contributed by atoms with E-state index >= 15 is 0 Å². The first-order valence-electron chi connectivity index (χ1n) is 9.26. The van der Waals surface area contributed by atoms with Gasteiger partial charge in [-0.1, -0.05) is 30.8 Å². The molecule has 0 radical (unpaired) electrons. The number of carbonyl (C=O) groups excluding carboxylic acids is 1. The minimum absolute atomic E-state index is 0.0187. The van der Waals surface area contributed by atoms with Crippen molar-refractivity contribution in [2.75, 3.05) is 22.5 Å². The Labute approximate surface area is 159 Å². The molecule has 0 bridgehead atoms. The lowest BCUT2D eigenvalue weighted by atomic mass is 10.0. The van der Waals surface area contributed by atoms with E-state index in [2.05, 4.69) is 40.1 Å². The van der Waals surface area contributed by atoms with Gasteiger partial charge >= 0.3 is 0 Å². The molecule has 2 heterocycles. The van der Waals surface area contributed by atoms with Crippen molar-refractivity contribution in [2.45, 2.75) is 50.6 Å². The van der Waals surface area contributed by atoms with E-state index in [-0.39, 0.29) is 5.91 Å². The lowest BCUT2D eigenvalue weighted by molar-refractivity contribution is -0.113. The molecular weight excluding hydrogens is 344 g/mol. The highest BCUT2D eigenvalue weighted by Crippen LogP contribution is 2.25. The molecule has 26 heavy (non-hydrogen) atoms. The standard InChI is InChI=1S/C20H26N4OS/c1-3-16-8-6-9-17(11-16)23-19(25)13-26-20-12-18(21-14-22-20)24-10-5-4-7-15(24)2/h6,8-9,11-12,14-15H,3-5,7,10,13H2,1-2H3,(H,23,25)/t15-/m1/s1. The normalized spacial score (nSPS) is 17.2. The average Bonchev–Trinajstić information content (AvgIpc) is 2.67. The molecule has 1 aromatic carbocycles. The molecule has 138 valence electrons. The van der Waals surface area contributed by atoms with Gasteiger partial charge in [-0.05, 0) is 50.3 Å². The second-order valence-corrected chi connectivity index (χ2v) is 7.64. The number of rotatable bonds is 6. The molecule has 6 heteroatoms. The predicted octanol–water partition coefficient (Wildman–Crippen LogP) is 4.15. The third-order valence-electron chi connectivity index (χ3n) is 4.69. The largest absolute Gasteiger partial charge is 0.354 e. The Morgan fingerprint density at radius 1 is 1.31 bits per heavy atom. The summed E-state index contributed by atoms with van der Waals surface area (Å²) in [4.78, 5) is 23.3. The average molecular weight is 371 g/mol. The van der Waals surface area contributed by atoms with Gasteiger partial charge in [0.1, 0.15) is 17.2 Å². The summed E-state index contributed by atoms with van der Waals surface area (Å²) < 4.78 is 0. The van der Waals surface area contributed by atoms with Crippen LogP contribution >= 0.6 is 11.8 Å². The Morgan fingerprint density at radius 2 is 2.19 bits per heavy atom. The number of nitrogens with one attached hydrogen (secondary N) is 1. The number of thioether (sulfide) groups is 1. The molecule has 3 rings (SSSR count). The van der Waals surface area contributed by atoms with E-state index < -0.39 is 0 Å². The van der Waals surface area contributed by atoms with Crippen LogP contribution in [-0.4, -0.2) is 34.2 Å². The fourth-order valence-corrected chi connectivity index (χ4v) is 3.87. The van der Waals surface area contributed by atoms with Crippen LogP contribution in [0.5, 0.6) is 0 Å². The molecule has 5 nitrogen and oxygen atoms in total. The third kappa shape index (κ3) is 4.97. The molecule has 0 unspecified atom stereocenters. The first kappa shape index (κ1) is 18.7. The number of aromatic nitrogens is 2. The van der Waals surface area contributed by atoms with Crippen LogP contribution in [0.15, 0.2) is 41.7 Å². The number of carbonyl (C=O) groups is 1. The van der Waals surface area contributed by atoms with Crippen molar-refractivity contribution in [2.24, 2.45) is 0 Å². The van der Waals surface area contributed by atoms with Crippen LogP contribution in [0.1, 0.15) is 38.7 Å². The summed E-state index contributed by atoms with van der Waals surface area (Å²) in [5.74, 6) is 1.28. The van der Waals surface area contributed by atoms with E-state index in [1.54, 1.807) is 6.33 Å². The summed E-state index contributed by atoms with van der Waals surface area (Å²) in [5.41, 5.74) is 2.06. The summed E-state index contributed by atoms with van der Waals surface area (Å²) in [6.07, 6.45) is 6.24. The van der Waals surface area contributed by atoms with Gasteiger partial charge in [-0.25, -0.2) is 9.97 Å². The second kappa shape index (κ2) is 9.03. The van der Waals surface area contributed by atoms with E-state index in [4.69, 9.17) is 0 Å². The summed E-state index contributed by atoms with van der Waals surface area (Å²) in [6.45, 7) is 5.38. The van der Waals surface area contributed by atoms with Crippen molar-refractivity contribution < 1.29 is 4.79 Å². The number of piperidine rings is 1. The van der Waals surface area contributed by atoms with Crippen LogP contribution in [-0.2, 0) is 11.2 Å². The minimum atomic E-state index is -0.0187. The molecule has 1 aliphatic heterocycles. The van der Waals surface area contributed by atoms with E-state index in [1.165, 1.54) is 36.6 Å². The predicted molar refractivity (Wildman–Crippen MR) is 108 cm³/mol. The van der Waals surface area contributed by atoms with E-state index in [1.807, 2.05) is 24.3 Å². The third-order valence-corrected chi connectivity index (χ3v) is 5.62. The number of amides is 1. The summed E-state index contributed by atoms with van der Waals surface area (Å²) >= 11 is 1.45. The van der Waals surface area contributed by atoms with Gasteiger partial charge in [-0.3, -0.25) is 4.79 Å². The van der Waals surface area contributed by atoms with E-state index in [0.29, 0.717) is 11.8 Å². The van der Waals surface area contributed by atoms with Gasteiger partial charge in [0, 0.05) is 24.3 Å². The van der Waals surface area contributed by atoms with Gasteiger partial charge < -0.3 is 10.2 Å². The molecule has 1 amide bonds. The van der Waals surface area contributed by atoms with Crippen LogP contribution < -0.4 is 10.2 Å². The smallest absolute Gasteiger partial charge is 0.234 e. The molecule has 1 atom stereocenters. The van der Waals surface area contributed by atoms with Crippen LogP contribution in [0.25, 0.3) is 0 Å². The maximum Gasteiger partial charge on any atom is 0.234 e. The maximum absolute atomic E-state index is 12.2. The second-order valence-electron chi connectivity index (χ2n) is 6.64. The molecule has 0 saturated carbocycles. The minimum Gasteiger partial charge on any atom is -0.354 e. The van der Waals surface area contributed by atoms with Gasteiger partial charge in [0.05, 0.1) is 5.75 Å². The first-order valence-corrected chi connectivity index (χ1v) is 10.2. The maximum atomic E-state index is 12.2. The SMILES string of the molecule is CCc1cccc(NC(=O)CSc2cc(N3CCCC[C@H]3C)ncn2)c1. The summed E-state index contributed by atoms with van der Waals surface area (Å²) in [5, 5.41) is 3.80. The molecule has 1 N–H and O–H groups in total. The van der Waals surface area contributed by atoms with Crippen molar-refractivity contribution in [1.82, 2.24) is 9.97 Å². The number of benzene rings is 1. The number of hydrogen-bond donors (Lipinski definition) is 1. The number of hydrogen-bond acceptors (Lipinski definition) is 5. The fraction of sp³-hybridized carbons (Fsp3) is 0.450. The topological polar surface area (TPSA) is 58.1 Å². The van der Waals surface area contributed by atoms with Crippen molar-refractivity contribution in [1.29, 1.82) is 0 Å². The highest BCUT2D eigenvalue weighted by molar-refractivity contribution is 7.99. The first-order chi connectivity index (χ1) is 12.7. The van der Waals surface area contributed by atoms with Crippen molar-refractivity contribution >= 4 is 29.2 Å². The fourth-order valence-electron chi connectivity index (χ4n) is 3.21. The molecular formula is C20H26N4OS. The van der Waals surface area contributed by atoms with Gasteiger partial charge in [0.2, 0.25) is 5.91 Å². The Morgan fingerprint density at radius 3 is 3.00 bits per heavy atom. The lowest BCUT2D eigenvalue weighted by Gasteiger charge is -2.34. The van der Waals surface area contributed by atoms with Crippen LogP contribution in [0.4, 0.5) is 11.5 Å². The highest BCUT2D eigenvalue weighted by Gasteiger charge is 2.20. The Bertz CT molecular complexity index is 752. The zero-order valence-electron chi connectivity index (χ0n) is 15.4. The van der Waals surface area contributed by atoms with E-state index in [0.717, 1.165) is 29.5 Å². The molecule has 1 aromatic heterocycles. The van der Waals surface area contributed by atoms with E-state index in [9.17, 15) is 4.79 Å². The monoisotopic (exact) mass is 370 g/mol. The van der Waals surface area contributed by atoms with Crippen molar-refractivity contribution in [3.05, 3.63) is 42.2 Å². The Hall–Kier alpha value is -2.08. The van der Waals surface area contributed by atoms with Gasteiger partial charge in [-0.15, -0.1) is 0 Å². The zero-order valence-corrected chi connectivity index (χ0v) is 16.3. The molecule has 1 aliphatic rings. The molecule has 2 aromatic rings. The number of aryl methyl sites for hydroxylation is 1. The Balaban J connectivity index is 1.57. The molecule has 0 spiro atoms. The van der Waals surface area contributed by atoms with Crippen molar-refractivity contribution in [3.63, 3.8) is 0 Å². The number of anilines is 2. The summed E-state index contributed by atoms with van der Waals surface area (Å²) in [6, 6.07) is 10.5. The molecule has 0 aliphatic carbocycles. The van der Waals surface area contributed by atoms with Gasteiger partial charge in [0.15, 0.2) is 0 Å². The quantitative estimate of drug-likeness (QED) is 0.611. The molecule has 1 saturated heterocycles. The van der Waals surface area contributed by atoms with Crippen molar-refractivity contribution in [3.8, 4) is 0 Å². The van der Waals surface area contributed by atoms with Gasteiger partial charge in [-0.2, -0.15) is 0 Å². The molecule has 1 fully saturated rings. The Kier molecular flexibility index (Phi) is 6.50. The van der Waals surface area contributed by atoms with Crippen LogP contribution in [0.3, 0.4) is 0 Å².